The molecule has 0 unspecified atom stereocenters. The maximum absolute atomic E-state index is 5.67. The van der Waals surface area contributed by atoms with Crippen molar-refractivity contribution in [3.05, 3.63) is 45.9 Å². The Morgan fingerprint density at radius 3 is 2.65 bits per heavy atom. The summed E-state index contributed by atoms with van der Waals surface area (Å²) in [5.74, 6) is 1.64. The average molecular weight is 265 g/mol. The monoisotopic (exact) mass is 265 g/mol. The smallest absolute Gasteiger partial charge is 0.140 e. The van der Waals surface area contributed by atoms with Gasteiger partial charge in [0.1, 0.15) is 17.4 Å². The quantitative estimate of drug-likeness (QED) is 0.832. The molecular weight excluding hydrogens is 250 g/mol. The molecule has 2 aromatic rings. The fraction of sp³-hybridized carbons (Fsp3) is 0.308. The van der Waals surface area contributed by atoms with Crippen molar-refractivity contribution in [1.82, 2.24) is 4.98 Å². The summed E-state index contributed by atoms with van der Waals surface area (Å²) >= 11 is 6.01. The Labute approximate surface area is 111 Å². The van der Waals surface area contributed by atoms with Crippen LogP contribution in [-0.4, -0.2) is 4.98 Å². The molecule has 0 bridgehead atoms. The van der Waals surface area contributed by atoms with Crippen molar-refractivity contribution >= 4 is 24.0 Å². The van der Waals surface area contributed by atoms with Crippen LogP contribution < -0.4 is 4.74 Å². The van der Waals surface area contributed by atoms with E-state index in [1.807, 2.05) is 30.3 Å². The molecular formula is C13H15NOS2. The van der Waals surface area contributed by atoms with E-state index in [1.54, 1.807) is 11.3 Å². The lowest BCUT2D eigenvalue weighted by Gasteiger charge is -2.02. The number of hydrogen-bond donors (Lipinski definition) is 1. The number of rotatable bonds is 5. The lowest BCUT2D eigenvalue weighted by molar-refractivity contribution is 0.305. The van der Waals surface area contributed by atoms with Crippen molar-refractivity contribution < 1.29 is 4.74 Å². The van der Waals surface area contributed by atoms with Gasteiger partial charge in [-0.25, -0.2) is 4.98 Å². The predicted molar refractivity (Wildman–Crippen MR) is 75.0 cm³/mol. The third-order valence-corrected chi connectivity index (χ3v) is 4.01. The molecule has 0 saturated carbocycles. The predicted octanol–water partition coefficient (Wildman–Crippen LogP) is 3.71. The molecule has 1 aromatic heterocycles. The first kappa shape index (κ1) is 12.5. The van der Waals surface area contributed by atoms with Crippen LogP contribution in [0.5, 0.6) is 5.75 Å². The molecule has 0 N–H and O–H groups in total. The SMILES string of the molecule is CCc1nc(COc2ccccc2)sc1CS. The molecule has 2 nitrogen and oxygen atoms in total. The Kier molecular flexibility index (Phi) is 4.45. The summed E-state index contributed by atoms with van der Waals surface area (Å²) in [6.07, 6.45) is 0.956. The first-order valence-corrected chi connectivity index (χ1v) is 7.04. The van der Waals surface area contributed by atoms with E-state index in [4.69, 9.17) is 4.74 Å². The number of aromatic nitrogens is 1. The lowest BCUT2D eigenvalue weighted by Crippen LogP contribution is -1.94. The maximum Gasteiger partial charge on any atom is 0.140 e. The Morgan fingerprint density at radius 2 is 2.06 bits per heavy atom. The second kappa shape index (κ2) is 6.07. The van der Waals surface area contributed by atoms with Gasteiger partial charge in [-0.1, -0.05) is 25.1 Å². The molecule has 0 aliphatic carbocycles. The minimum atomic E-state index is 0.537. The zero-order valence-corrected chi connectivity index (χ0v) is 11.4. The molecule has 4 heteroatoms. The van der Waals surface area contributed by atoms with Gasteiger partial charge in [0.05, 0.1) is 5.69 Å². The average Bonchev–Trinajstić information content (AvgIpc) is 2.80. The number of hydrogen-bond acceptors (Lipinski definition) is 4. The molecule has 1 heterocycles. The zero-order chi connectivity index (χ0) is 12.1. The van der Waals surface area contributed by atoms with Crippen LogP contribution >= 0.6 is 24.0 Å². The molecule has 0 saturated heterocycles. The van der Waals surface area contributed by atoms with Crippen LogP contribution in [-0.2, 0) is 18.8 Å². The second-order valence-corrected chi connectivity index (χ2v) is 5.08. The van der Waals surface area contributed by atoms with E-state index in [0.29, 0.717) is 6.61 Å². The Morgan fingerprint density at radius 1 is 1.29 bits per heavy atom. The highest BCUT2D eigenvalue weighted by molar-refractivity contribution is 7.79. The van der Waals surface area contributed by atoms with Gasteiger partial charge in [0.2, 0.25) is 0 Å². The van der Waals surface area contributed by atoms with E-state index in [1.165, 1.54) is 4.88 Å². The maximum atomic E-state index is 5.67. The van der Waals surface area contributed by atoms with Crippen molar-refractivity contribution in [2.24, 2.45) is 0 Å². The van der Waals surface area contributed by atoms with Crippen molar-refractivity contribution in [2.45, 2.75) is 25.7 Å². The van der Waals surface area contributed by atoms with E-state index in [-0.39, 0.29) is 0 Å². The van der Waals surface area contributed by atoms with Gasteiger partial charge in [0.15, 0.2) is 0 Å². The summed E-state index contributed by atoms with van der Waals surface area (Å²) in [6.45, 7) is 2.65. The highest BCUT2D eigenvalue weighted by Gasteiger charge is 2.08. The third kappa shape index (κ3) is 3.23. The summed E-state index contributed by atoms with van der Waals surface area (Å²) in [5.41, 5.74) is 1.15. The number of nitrogens with zero attached hydrogens (tertiary/aromatic N) is 1. The van der Waals surface area contributed by atoms with Gasteiger partial charge in [-0.15, -0.1) is 11.3 Å². The molecule has 0 fully saturated rings. The number of ether oxygens (including phenoxy) is 1. The summed E-state index contributed by atoms with van der Waals surface area (Å²) in [5, 5.41) is 1.02. The van der Waals surface area contributed by atoms with Crippen LogP contribution in [0.15, 0.2) is 30.3 Å². The number of aryl methyl sites for hydroxylation is 1. The molecule has 1 aromatic carbocycles. The molecule has 0 radical (unpaired) electrons. The number of benzene rings is 1. The normalized spacial score (nSPS) is 10.5. The Hall–Kier alpha value is -1.00. The molecule has 0 aliphatic heterocycles. The van der Waals surface area contributed by atoms with Gasteiger partial charge < -0.3 is 4.74 Å². The fourth-order valence-electron chi connectivity index (χ4n) is 1.56. The van der Waals surface area contributed by atoms with Crippen LogP contribution in [0, 0.1) is 0 Å². The van der Waals surface area contributed by atoms with Gasteiger partial charge in [-0.05, 0) is 18.6 Å². The molecule has 17 heavy (non-hydrogen) atoms. The van der Waals surface area contributed by atoms with Crippen LogP contribution in [0.4, 0.5) is 0 Å². The lowest BCUT2D eigenvalue weighted by atomic mass is 10.3. The number of para-hydroxylation sites is 1. The standard InChI is InChI=1S/C13H15NOS2/c1-2-11-12(9-16)17-13(14-11)8-15-10-6-4-3-5-7-10/h3-7,16H,2,8-9H2,1H3. The van der Waals surface area contributed by atoms with E-state index in [0.717, 1.165) is 28.6 Å². The summed E-state index contributed by atoms with van der Waals surface area (Å²) in [4.78, 5) is 5.81. The van der Waals surface area contributed by atoms with E-state index >= 15 is 0 Å². The third-order valence-electron chi connectivity index (χ3n) is 2.41. The topological polar surface area (TPSA) is 22.1 Å². The van der Waals surface area contributed by atoms with Crippen molar-refractivity contribution in [2.75, 3.05) is 0 Å². The second-order valence-electron chi connectivity index (χ2n) is 3.59. The minimum absolute atomic E-state index is 0.537. The first-order chi connectivity index (χ1) is 8.33. The first-order valence-electron chi connectivity index (χ1n) is 5.59. The Bertz CT molecular complexity index is 446. The summed E-state index contributed by atoms with van der Waals surface area (Å²) < 4.78 is 5.67. The van der Waals surface area contributed by atoms with Crippen molar-refractivity contribution in [1.29, 1.82) is 0 Å². The van der Waals surface area contributed by atoms with Gasteiger partial charge in [0, 0.05) is 10.6 Å². The minimum Gasteiger partial charge on any atom is -0.486 e. The van der Waals surface area contributed by atoms with Crippen LogP contribution in [0.1, 0.15) is 22.5 Å². The van der Waals surface area contributed by atoms with Crippen molar-refractivity contribution in [3.63, 3.8) is 0 Å². The molecule has 90 valence electrons. The van der Waals surface area contributed by atoms with E-state index in [9.17, 15) is 0 Å². The molecule has 2 rings (SSSR count). The largest absolute Gasteiger partial charge is 0.486 e. The molecule has 0 amide bonds. The highest BCUT2D eigenvalue weighted by atomic mass is 32.1. The van der Waals surface area contributed by atoms with E-state index in [2.05, 4.69) is 24.5 Å². The molecule has 0 atom stereocenters. The molecule has 0 spiro atoms. The van der Waals surface area contributed by atoms with Crippen LogP contribution in [0.25, 0.3) is 0 Å². The number of thiol groups is 1. The van der Waals surface area contributed by atoms with Gasteiger partial charge in [-0.2, -0.15) is 12.6 Å². The van der Waals surface area contributed by atoms with Crippen molar-refractivity contribution in [3.8, 4) is 5.75 Å². The van der Waals surface area contributed by atoms with Gasteiger partial charge >= 0.3 is 0 Å². The fourth-order valence-corrected chi connectivity index (χ4v) is 2.87. The van der Waals surface area contributed by atoms with Gasteiger partial charge in [0.25, 0.3) is 0 Å². The number of thiazole rings is 1. The van der Waals surface area contributed by atoms with E-state index < -0.39 is 0 Å². The Balaban J connectivity index is 2.02. The summed E-state index contributed by atoms with van der Waals surface area (Å²) in [6, 6.07) is 9.81. The van der Waals surface area contributed by atoms with Crippen LogP contribution in [0.2, 0.25) is 0 Å². The van der Waals surface area contributed by atoms with Crippen LogP contribution in [0.3, 0.4) is 0 Å². The molecule has 0 aliphatic rings. The van der Waals surface area contributed by atoms with Gasteiger partial charge in [-0.3, -0.25) is 0 Å². The highest BCUT2D eigenvalue weighted by Crippen LogP contribution is 2.22. The zero-order valence-electron chi connectivity index (χ0n) is 9.72. The summed E-state index contributed by atoms with van der Waals surface area (Å²) in [7, 11) is 0.